The lowest BCUT2D eigenvalue weighted by atomic mass is 10.3. The maximum Gasteiger partial charge on any atom is 0.415 e. The minimum atomic E-state index is -0.271. The van der Waals surface area contributed by atoms with E-state index in [0.717, 1.165) is 30.5 Å². The molecular weight excluding hydrogens is 284 g/mol. The number of hydrogen-bond acceptors (Lipinski definition) is 3. The third-order valence-electron chi connectivity index (χ3n) is 2.60. The van der Waals surface area contributed by atoms with Gasteiger partial charge in [-0.15, -0.1) is 0 Å². The summed E-state index contributed by atoms with van der Waals surface area (Å²) in [5, 5.41) is 3.25. The van der Waals surface area contributed by atoms with Gasteiger partial charge in [-0.05, 0) is 31.2 Å². The summed E-state index contributed by atoms with van der Waals surface area (Å²) < 4.78 is 6.22. The van der Waals surface area contributed by atoms with E-state index in [2.05, 4.69) is 21.2 Å². The molecular formula is C12H15BrN2O2. The van der Waals surface area contributed by atoms with Crippen LogP contribution in [-0.2, 0) is 0 Å². The number of benzene rings is 1. The molecule has 0 bridgehead atoms. The average Bonchev–Trinajstić information content (AvgIpc) is 2.57. The molecule has 0 saturated carbocycles. The maximum absolute atomic E-state index is 11.9. The first-order valence-corrected chi connectivity index (χ1v) is 6.48. The predicted molar refractivity (Wildman–Crippen MR) is 69.2 cm³/mol. The quantitative estimate of drug-likeness (QED) is 0.864. The Morgan fingerprint density at radius 2 is 2.24 bits per heavy atom. The fourth-order valence-electron chi connectivity index (χ4n) is 1.72. The van der Waals surface area contributed by atoms with Gasteiger partial charge in [-0.2, -0.15) is 0 Å². The molecule has 4 nitrogen and oxygen atoms in total. The summed E-state index contributed by atoms with van der Waals surface area (Å²) in [7, 11) is 0. The molecule has 5 heteroatoms. The number of nitrogens with zero attached hydrogens (tertiary/aromatic N) is 1. The van der Waals surface area contributed by atoms with Gasteiger partial charge in [0.15, 0.2) is 0 Å². The van der Waals surface area contributed by atoms with Crippen molar-refractivity contribution in [1.29, 1.82) is 0 Å². The Balaban J connectivity index is 1.95. The molecule has 1 amide bonds. The van der Waals surface area contributed by atoms with Crippen molar-refractivity contribution in [3.8, 4) is 5.75 Å². The van der Waals surface area contributed by atoms with E-state index in [4.69, 9.17) is 4.74 Å². The van der Waals surface area contributed by atoms with Gasteiger partial charge in [0.25, 0.3) is 0 Å². The standard InChI is InChI=1S/C12H15BrN2O2/c13-10-3-1-4-11(9-10)17-12(16)15-7-2-5-14-6-8-15/h1,3-4,9,14H,2,5-8H2. The lowest BCUT2D eigenvalue weighted by molar-refractivity contribution is 0.155. The smallest absolute Gasteiger partial charge is 0.410 e. The molecule has 1 aromatic carbocycles. The van der Waals surface area contributed by atoms with Crippen LogP contribution in [0.1, 0.15) is 6.42 Å². The van der Waals surface area contributed by atoms with Crippen LogP contribution in [-0.4, -0.2) is 37.2 Å². The van der Waals surface area contributed by atoms with Crippen molar-refractivity contribution >= 4 is 22.0 Å². The van der Waals surface area contributed by atoms with Crippen molar-refractivity contribution in [1.82, 2.24) is 10.2 Å². The zero-order chi connectivity index (χ0) is 12.1. The maximum atomic E-state index is 11.9. The molecule has 92 valence electrons. The summed E-state index contributed by atoms with van der Waals surface area (Å²) in [5.41, 5.74) is 0. The second kappa shape index (κ2) is 6.02. The van der Waals surface area contributed by atoms with Gasteiger partial charge >= 0.3 is 6.09 Å². The SMILES string of the molecule is O=C(Oc1cccc(Br)c1)N1CCCNCC1. The van der Waals surface area contributed by atoms with Crippen molar-refractivity contribution in [3.05, 3.63) is 28.7 Å². The minimum absolute atomic E-state index is 0.271. The van der Waals surface area contributed by atoms with Gasteiger partial charge in [-0.25, -0.2) is 4.79 Å². The van der Waals surface area contributed by atoms with Gasteiger partial charge in [-0.3, -0.25) is 0 Å². The Kier molecular flexibility index (Phi) is 4.39. The highest BCUT2D eigenvalue weighted by atomic mass is 79.9. The van der Waals surface area contributed by atoms with Gasteiger partial charge in [0.1, 0.15) is 5.75 Å². The topological polar surface area (TPSA) is 41.6 Å². The van der Waals surface area contributed by atoms with E-state index in [1.54, 1.807) is 17.0 Å². The Hall–Kier alpha value is -1.07. The van der Waals surface area contributed by atoms with Crippen molar-refractivity contribution in [3.63, 3.8) is 0 Å². The molecule has 1 saturated heterocycles. The number of rotatable bonds is 1. The van der Waals surface area contributed by atoms with Crippen LogP contribution in [0.15, 0.2) is 28.7 Å². The first-order chi connectivity index (χ1) is 8.25. The highest BCUT2D eigenvalue weighted by molar-refractivity contribution is 9.10. The van der Waals surface area contributed by atoms with Gasteiger partial charge < -0.3 is 15.0 Å². The van der Waals surface area contributed by atoms with Gasteiger partial charge in [0, 0.05) is 24.1 Å². The lowest BCUT2D eigenvalue weighted by Crippen LogP contribution is -2.36. The van der Waals surface area contributed by atoms with Crippen LogP contribution in [0.25, 0.3) is 0 Å². The molecule has 0 radical (unpaired) electrons. The molecule has 2 rings (SSSR count). The second-order valence-electron chi connectivity index (χ2n) is 3.92. The number of carbonyl (C=O) groups excluding carboxylic acids is 1. The summed E-state index contributed by atoms with van der Waals surface area (Å²) in [6.07, 6.45) is 0.694. The van der Waals surface area contributed by atoms with Crippen molar-refractivity contribution in [2.24, 2.45) is 0 Å². The fraction of sp³-hybridized carbons (Fsp3) is 0.417. The molecule has 0 unspecified atom stereocenters. The second-order valence-corrected chi connectivity index (χ2v) is 4.83. The Labute approximate surface area is 109 Å². The molecule has 1 fully saturated rings. The number of amides is 1. The highest BCUT2D eigenvalue weighted by Crippen LogP contribution is 2.18. The predicted octanol–water partition coefficient (Wildman–Crippen LogP) is 2.24. The van der Waals surface area contributed by atoms with Crippen molar-refractivity contribution in [2.75, 3.05) is 26.2 Å². The van der Waals surface area contributed by atoms with Crippen LogP contribution in [0, 0.1) is 0 Å². The fourth-order valence-corrected chi connectivity index (χ4v) is 2.10. The van der Waals surface area contributed by atoms with Crippen LogP contribution in [0.2, 0.25) is 0 Å². The van der Waals surface area contributed by atoms with Crippen LogP contribution in [0.4, 0.5) is 4.79 Å². The number of nitrogens with one attached hydrogen (secondary N) is 1. The summed E-state index contributed by atoms with van der Waals surface area (Å²) in [4.78, 5) is 13.6. The summed E-state index contributed by atoms with van der Waals surface area (Å²) in [6, 6.07) is 7.30. The van der Waals surface area contributed by atoms with E-state index in [-0.39, 0.29) is 6.09 Å². The molecule has 1 N–H and O–H groups in total. The molecule has 1 aliphatic rings. The molecule has 1 aromatic rings. The molecule has 0 aliphatic carbocycles. The molecule has 0 spiro atoms. The monoisotopic (exact) mass is 298 g/mol. The zero-order valence-corrected chi connectivity index (χ0v) is 11.1. The van der Waals surface area contributed by atoms with E-state index in [0.29, 0.717) is 12.3 Å². The number of hydrogen-bond donors (Lipinski definition) is 1. The summed E-state index contributed by atoms with van der Waals surface area (Å²) >= 11 is 3.35. The van der Waals surface area contributed by atoms with Gasteiger partial charge in [0.2, 0.25) is 0 Å². The van der Waals surface area contributed by atoms with E-state index in [1.807, 2.05) is 12.1 Å². The number of ether oxygens (including phenoxy) is 1. The van der Waals surface area contributed by atoms with Crippen LogP contribution < -0.4 is 10.1 Å². The molecule has 17 heavy (non-hydrogen) atoms. The third-order valence-corrected chi connectivity index (χ3v) is 3.09. The van der Waals surface area contributed by atoms with Crippen LogP contribution in [0.5, 0.6) is 5.75 Å². The van der Waals surface area contributed by atoms with Gasteiger partial charge in [-0.1, -0.05) is 22.0 Å². The Morgan fingerprint density at radius 3 is 3.06 bits per heavy atom. The van der Waals surface area contributed by atoms with Crippen LogP contribution in [0.3, 0.4) is 0 Å². The van der Waals surface area contributed by atoms with Crippen molar-refractivity contribution in [2.45, 2.75) is 6.42 Å². The first kappa shape index (κ1) is 12.4. The number of carbonyl (C=O) groups is 1. The molecule has 1 heterocycles. The largest absolute Gasteiger partial charge is 0.415 e. The highest BCUT2D eigenvalue weighted by Gasteiger charge is 2.17. The van der Waals surface area contributed by atoms with Crippen LogP contribution >= 0.6 is 15.9 Å². The molecule has 1 aliphatic heterocycles. The van der Waals surface area contributed by atoms with E-state index >= 15 is 0 Å². The Bertz CT molecular complexity index is 390. The van der Waals surface area contributed by atoms with Gasteiger partial charge in [0.05, 0.1) is 0 Å². The lowest BCUT2D eigenvalue weighted by Gasteiger charge is -2.19. The minimum Gasteiger partial charge on any atom is -0.410 e. The normalized spacial score (nSPS) is 16.4. The third kappa shape index (κ3) is 3.71. The molecule has 0 atom stereocenters. The zero-order valence-electron chi connectivity index (χ0n) is 9.49. The van der Waals surface area contributed by atoms with E-state index in [9.17, 15) is 4.79 Å². The first-order valence-electron chi connectivity index (χ1n) is 5.69. The number of halogens is 1. The Morgan fingerprint density at radius 1 is 1.35 bits per heavy atom. The molecule has 0 aromatic heterocycles. The summed E-state index contributed by atoms with van der Waals surface area (Å²) in [6.45, 7) is 3.24. The van der Waals surface area contributed by atoms with E-state index in [1.165, 1.54) is 0 Å². The van der Waals surface area contributed by atoms with Crippen molar-refractivity contribution < 1.29 is 9.53 Å². The average molecular weight is 299 g/mol. The van der Waals surface area contributed by atoms with E-state index < -0.39 is 0 Å². The summed E-state index contributed by atoms with van der Waals surface area (Å²) in [5.74, 6) is 0.571.